The van der Waals surface area contributed by atoms with Crippen LogP contribution in [0.15, 0.2) is 34.9 Å². The molecule has 2 rings (SSSR count). The number of nitrogen functional groups attached to an aromatic ring is 1. The molecular weight excluding hydrogens is 296 g/mol. The third-order valence-electron chi connectivity index (χ3n) is 2.50. The number of nitrogens with two attached hydrogens (primary N) is 1. The van der Waals surface area contributed by atoms with Gasteiger partial charge in [-0.05, 0) is 28.1 Å². The molecule has 0 spiro atoms. The summed E-state index contributed by atoms with van der Waals surface area (Å²) in [6.45, 7) is 0. The molecule has 1 aromatic carbocycles. The number of methoxy groups -OCH3 is 1. The summed E-state index contributed by atoms with van der Waals surface area (Å²) in [4.78, 5) is 10.0. The van der Waals surface area contributed by atoms with E-state index in [1.807, 2.05) is 36.2 Å². The molecule has 5 nitrogen and oxygen atoms in total. The Labute approximate surface area is 114 Å². The van der Waals surface area contributed by atoms with E-state index in [1.165, 1.54) is 0 Å². The maximum absolute atomic E-state index is 5.61. The Bertz CT molecular complexity index is 562. The molecule has 94 valence electrons. The molecule has 0 unspecified atom stereocenters. The highest BCUT2D eigenvalue weighted by Crippen LogP contribution is 2.30. The van der Waals surface area contributed by atoms with Gasteiger partial charge in [-0.25, -0.2) is 4.98 Å². The van der Waals surface area contributed by atoms with E-state index in [2.05, 4.69) is 25.9 Å². The number of rotatable bonds is 3. The smallest absolute Gasteiger partial charge is 0.222 e. The molecular formula is C12H13BrN4O. The van der Waals surface area contributed by atoms with Crippen LogP contribution < -0.4 is 15.4 Å². The lowest BCUT2D eigenvalue weighted by atomic mass is 10.3. The quantitative estimate of drug-likeness (QED) is 0.944. The van der Waals surface area contributed by atoms with Crippen LogP contribution in [-0.4, -0.2) is 24.1 Å². The van der Waals surface area contributed by atoms with Crippen LogP contribution in [0.5, 0.6) is 5.75 Å². The second-order valence-electron chi connectivity index (χ2n) is 3.66. The molecule has 0 bridgehead atoms. The molecule has 0 aliphatic rings. The van der Waals surface area contributed by atoms with Crippen LogP contribution in [0.25, 0.3) is 0 Å². The largest absolute Gasteiger partial charge is 0.497 e. The van der Waals surface area contributed by atoms with Crippen molar-refractivity contribution in [3.63, 3.8) is 0 Å². The van der Waals surface area contributed by atoms with Gasteiger partial charge in [-0.1, -0.05) is 6.07 Å². The van der Waals surface area contributed by atoms with Gasteiger partial charge in [-0.3, -0.25) is 0 Å². The van der Waals surface area contributed by atoms with E-state index in [0.29, 0.717) is 5.82 Å². The van der Waals surface area contributed by atoms with E-state index < -0.39 is 0 Å². The summed E-state index contributed by atoms with van der Waals surface area (Å²) < 4.78 is 5.98. The first-order valence-corrected chi connectivity index (χ1v) is 6.07. The number of halogens is 1. The minimum atomic E-state index is 0.239. The fourth-order valence-electron chi connectivity index (χ4n) is 1.55. The van der Waals surface area contributed by atoms with Crippen molar-refractivity contribution < 1.29 is 4.74 Å². The molecule has 0 radical (unpaired) electrons. The summed E-state index contributed by atoms with van der Waals surface area (Å²) in [6, 6.07) is 7.70. The van der Waals surface area contributed by atoms with Crippen LogP contribution in [0, 0.1) is 0 Å². The van der Waals surface area contributed by atoms with Crippen molar-refractivity contribution in [3.05, 3.63) is 34.9 Å². The molecule has 2 N–H and O–H groups in total. The van der Waals surface area contributed by atoms with Crippen LogP contribution in [0.3, 0.4) is 0 Å². The van der Waals surface area contributed by atoms with Gasteiger partial charge in [0.05, 0.1) is 11.6 Å². The summed E-state index contributed by atoms with van der Waals surface area (Å²) in [7, 11) is 3.54. The number of anilines is 3. The Balaban J connectivity index is 2.40. The first-order valence-electron chi connectivity index (χ1n) is 5.27. The summed E-state index contributed by atoms with van der Waals surface area (Å²) in [6.07, 6.45) is 1.63. The average molecular weight is 309 g/mol. The van der Waals surface area contributed by atoms with Crippen molar-refractivity contribution in [1.29, 1.82) is 0 Å². The van der Waals surface area contributed by atoms with Crippen LogP contribution in [0.4, 0.5) is 17.5 Å². The van der Waals surface area contributed by atoms with Gasteiger partial charge < -0.3 is 15.4 Å². The minimum Gasteiger partial charge on any atom is -0.497 e. The highest BCUT2D eigenvalue weighted by molar-refractivity contribution is 9.10. The van der Waals surface area contributed by atoms with Gasteiger partial charge in [0.2, 0.25) is 5.95 Å². The van der Waals surface area contributed by atoms with Gasteiger partial charge in [0.1, 0.15) is 5.75 Å². The molecule has 0 aliphatic heterocycles. The van der Waals surface area contributed by atoms with Crippen LogP contribution in [0.2, 0.25) is 0 Å². The molecule has 1 heterocycles. The molecule has 0 amide bonds. The predicted molar refractivity (Wildman–Crippen MR) is 75.2 cm³/mol. The fourth-order valence-corrected chi connectivity index (χ4v) is 2.00. The summed E-state index contributed by atoms with van der Waals surface area (Å²) in [5.41, 5.74) is 6.56. The fraction of sp³-hybridized carbons (Fsp3) is 0.167. The zero-order valence-corrected chi connectivity index (χ0v) is 11.7. The molecule has 0 atom stereocenters. The van der Waals surface area contributed by atoms with E-state index in [4.69, 9.17) is 10.5 Å². The van der Waals surface area contributed by atoms with Crippen molar-refractivity contribution in [2.45, 2.75) is 0 Å². The third kappa shape index (κ3) is 2.53. The van der Waals surface area contributed by atoms with Crippen molar-refractivity contribution in [3.8, 4) is 5.75 Å². The van der Waals surface area contributed by atoms with Crippen LogP contribution in [-0.2, 0) is 0 Å². The monoisotopic (exact) mass is 308 g/mol. The van der Waals surface area contributed by atoms with Gasteiger partial charge in [0.15, 0.2) is 5.82 Å². The standard InChI is InChI=1S/C12H13BrN4O/c1-17(8-4-3-5-9(6-8)18-2)11-10(13)7-15-12(14)16-11/h3-7H,1-2H3,(H2,14,15,16). The molecule has 0 saturated carbocycles. The van der Waals surface area contributed by atoms with Gasteiger partial charge >= 0.3 is 0 Å². The molecule has 1 aromatic heterocycles. The zero-order chi connectivity index (χ0) is 13.1. The van der Waals surface area contributed by atoms with E-state index in [1.54, 1.807) is 13.3 Å². The third-order valence-corrected chi connectivity index (χ3v) is 3.06. The highest BCUT2D eigenvalue weighted by atomic mass is 79.9. The minimum absolute atomic E-state index is 0.239. The molecule has 0 fully saturated rings. The number of ether oxygens (including phenoxy) is 1. The Hall–Kier alpha value is -1.82. The topological polar surface area (TPSA) is 64.3 Å². The first kappa shape index (κ1) is 12.6. The summed E-state index contributed by atoms with van der Waals surface area (Å²) >= 11 is 3.41. The second kappa shape index (κ2) is 5.22. The number of aromatic nitrogens is 2. The normalized spacial score (nSPS) is 10.2. The number of benzene rings is 1. The van der Waals surface area contributed by atoms with Gasteiger partial charge in [-0.2, -0.15) is 4.98 Å². The maximum atomic E-state index is 5.61. The van der Waals surface area contributed by atoms with Gasteiger partial charge in [0.25, 0.3) is 0 Å². The van der Waals surface area contributed by atoms with Crippen molar-refractivity contribution >= 4 is 33.4 Å². The van der Waals surface area contributed by atoms with E-state index >= 15 is 0 Å². The molecule has 6 heteroatoms. The first-order chi connectivity index (χ1) is 8.61. The molecule has 18 heavy (non-hydrogen) atoms. The molecule has 2 aromatic rings. The van der Waals surface area contributed by atoms with Crippen LogP contribution >= 0.6 is 15.9 Å². The second-order valence-corrected chi connectivity index (χ2v) is 4.51. The number of nitrogens with zero attached hydrogens (tertiary/aromatic N) is 3. The predicted octanol–water partition coefficient (Wildman–Crippen LogP) is 2.60. The van der Waals surface area contributed by atoms with E-state index in [-0.39, 0.29) is 5.95 Å². The molecule has 0 aliphatic carbocycles. The summed E-state index contributed by atoms with van der Waals surface area (Å²) in [5, 5.41) is 0. The van der Waals surface area contributed by atoms with Crippen molar-refractivity contribution in [2.75, 3.05) is 24.8 Å². The number of hydrogen-bond acceptors (Lipinski definition) is 5. The Morgan fingerprint density at radius 3 is 2.89 bits per heavy atom. The van der Waals surface area contributed by atoms with Gasteiger partial charge in [-0.15, -0.1) is 0 Å². The Kier molecular flexibility index (Phi) is 3.66. The van der Waals surface area contributed by atoms with Crippen molar-refractivity contribution in [2.24, 2.45) is 0 Å². The lowest BCUT2D eigenvalue weighted by molar-refractivity contribution is 0.415. The number of hydrogen-bond donors (Lipinski definition) is 1. The zero-order valence-electron chi connectivity index (χ0n) is 10.1. The Morgan fingerprint density at radius 2 is 2.17 bits per heavy atom. The summed E-state index contributed by atoms with van der Waals surface area (Å²) in [5.74, 6) is 1.73. The Morgan fingerprint density at radius 1 is 1.39 bits per heavy atom. The SMILES string of the molecule is COc1cccc(N(C)c2nc(N)ncc2Br)c1. The van der Waals surface area contributed by atoms with Gasteiger partial charge in [0, 0.05) is 25.0 Å². The lowest BCUT2D eigenvalue weighted by Crippen LogP contribution is -2.13. The van der Waals surface area contributed by atoms with Crippen molar-refractivity contribution in [1.82, 2.24) is 9.97 Å². The van der Waals surface area contributed by atoms with E-state index in [9.17, 15) is 0 Å². The lowest BCUT2D eigenvalue weighted by Gasteiger charge is -2.20. The van der Waals surface area contributed by atoms with E-state index in [0.717, 1.165) is 15.9 Å². The highest BCUT2D eigenvalue weighted by Gasteiger charge is 2.11. The average Bonchev–Trinajstić information content (AvgIpc) is 2.41. The molecule has 0 saturated heterocycles. The maximum Gasteiger partial charge on any atom is 0.222 e. The van der Waals surface area contributed by atoms with Crippen LogP contribution in [0.1, 0.15) is 0 Å².